The predicted molar refractivity (Wildman–Crippen MR) is 117 cm³/mol. The summed E-state index contributed by atoms with van der Waals surface area (Å²) in [7, 11) is 0. The monoisotopic (exact) mass is 415 g/mol. The molecule has 3 amide bonds. The van der Waals surface area contributed by atoms with Gasteiger partial charge < -0.3 is 20.7 Å². The lowest BCUT2D eigenvalue weighted by atomic mass is 9.97. The van der Waals surface area contributed by atoms with Gasteiger partial charge in [-0.1, -0.05) is 43.7 Å². The number of esters is 1. The molecule has 0 spiro atoms. The molecule has 7 heteroatoms. The largest absolute Gasteiger partial charge is 0.451 e. The number of allylic oxidation sites excluding steroid dienone is 1. The van der Waals surface area contributed by atoms with E-state index < -0.39 is 24.1 Å². The molecule has 1 aromatic rings. The van der Waals surface area contributed by atoms with Crippen LogP contribution in [0.1, 0.15) is 52.9 Å². The standard InChI is InChI=1S/C23H33N3O4/c1-16(2)20(26-23(29)25-19-12-8-5-9-13-19)22(28)30-17(3)21(27)24-15-14-18-10-6-4-7-11-18/h5,8-10,12-13,16-17,20H,4,6-7,11,14-15H2,1-3H3,(H,24,27)(H2,25,26,29)/t17-,20-/m1/s1. The molecule has 0 heterocycles. The minimum absolute atomic E-state index is 0.201. The van der Waals surface area contributed by atoms with Gasteiger partial charge in [-0.15, -0.1) is 0 Å². The third-order valence-electron chi connectivity index (χ3n) is 5.03. The van der Waals surface area contributed by atoms with Crippen LogP contribution in [0.25, 0.3) is 0 Å². The lowest BCUT2D eigenvalue weighted by molar-refractivity contribution is -0.157. The van der Waals surface area contributed by atoms with Gasteiger partial charge in [0.2, 0.25) is 0 Å². The number of hydrogen-bond acceptors (Lipinski definition) is 4. The second-order valence-corrected chi connectivity index (χ2v) is 7.91. The maximum Gasteiger partial charge on any atom is 0.329 e. The Morgan fingerprint density at radius 1 is 1.07 bits per heavy atom. The van der Waals surface area contributed by atoms with Gasteiger partial charge in [0.15, 0.2) is 6.10 Å². The van der Waals surface area contributed by atoms with Gasteiger partial charge in [-0.25, -0.2) is 9.59 Å². The van der Waals surface area contributed by atoms with Crippen LogP contribution in [0.3, 0.4) is 0 Å². The number of carbonyl (C=O) groups is 3. The van der Waals surface area contributed by atoms with Crippen LogP contribution in [0.15, 0.2) is 42.0 Å². The normalized spacial score (nSPS) is 15.5. The molecular weight excluding hydrogens is 382 g/mol. The molecule has 2 atom stereocenters. The van der Waals surface area contributed by atoms with Crippen molar-refractivity contribution in [1.82, 2.24) is 10.6 Å². The quantitative estimate of drug-likeness (QED) is 0.422. The molecule has 0 bridgehead atoms. The number of amides is 3. The van der Waals surface area contributed by atoms with E-state index in [1.165, 1.54) is 25.3 Å². The summed E-state index contributed by atoms with van der Waals surface area (Å²) in [6, 6.07) is 7.57. The van der Waals surface area contributed by atoms with E-state index >= 15 is 0 Å². The van der Waals surface area contributed by atoms with Crippen molar-refractivity contribution in [3.63, 3.8) is 0 Å². The highest BCUT2D eigenvalue weighted by Crippen LogP contribution is 2.19. The third kappa shape index (κ3) is 7.89. The van der Waals surface area contributed by atoms with Gasteiger partial charge in [-0.2, -0.15) is 0 Å². The average Bonchev–Trinajstić information content (AvgIpc) is 2.73. The summed E-state index contributed by atoms with van der Waals surface area (Å²) in [5.41, 5.74) is 1.99. The molecule has 7 nitrogen and oxygen atoms in total. The fourth-order valence-electron chi connectivity index (χ4n) is 3.25. The van der Waals surface area contributed by atoms with Gasteiger partial charge >= 0.3 is 12.0 Å². The smallest absolute Gasteiger partial charge is 0.329 e. The maximum absolute atomic E-state index is 12.6. The van der Waals surface area contributed by atoms with Crippen LogP contribution >= 0.6 is 0 Å². The van der Waals surface area contributed by atoms with E-state index in [0.29, 0.717) is 12.2 Å². The maximum atomic E-state index is 12.6. The first-order valence-corrected chi connectivity index (χ1v) is 10.7. The third-order valence-corrected chi connectivity index (χ3v) is 5.03. The fraction of sp³-hybridized carbons (Fsp3) is 0.522. The summed E-state index contributed by atoms with van der Waals surface area (Å²) >= 11 is 0. The SMILES string of the molecule is CC(C)[C@@H](NC(=O)Nc1ccccc1)C(=O)O[C@H](C)C(=O)NCCC1=CCCCC1. The van der Waals surface area contributed by atoms with E-state index in [0.717, 1.165) is 19.3 Å². The first-order valence-electron chi connectivity index (χ1n) is 10.7. The number of hydrogen-bond donors (Lipinski definition) is 3. The minimum Gasteiger partial charge on any atom is -0.451 e. The number of urea groups is 1. The van der Waals surface area contributed by atoms with Crippen LogP contribution in [0, 0.1) is 5.92 Å². The molecule has 1 aliphatic carbocycles. The highest BCUT2D eigenvalue weighted by Gasteiger charge is 2.29. The van der Waals surface area contributed by atoms with Crippen LogP contribution in [0.2, 0.25) is 0 Å². The number of nitrogens with one attached hydrogen (secondary N) is 3. The molecular formula is C23H33N3O4. The van der Waals surface area contributed by atoms with E-state index in [9.17, 15) is 14.4 Å². The Bertz CT molecular complexity index is 746. The Morgan fingerprint density at radius 2 is 1.80 bits per heavy atom. The highest BCUT2D eigenvalue weighted by molar-refractivity contribution is 5.93. The van der Waals surface area contributed by atoms with Crippen molar-refractivity contribution in [2.45, 2.75) is 65.0 Å². The van der Waals surface area contributed by atoms with Gasteiger partial charge in [0.05, 0.1) is 0 Å². The van der Waals surface area contributed by atoms with E-state index in [1.807, 2.05) is 6.07 Å². The molecule has 1 aliphatic rings. The molecule has 2 rings (SSSR count). The molecule has 0 aromatic heterocycles. The van der Waals surface area contributed by atoms with Crippen molar-refractivity contribution in [2.75, 3.05) is 11.9 Å². The second kappa shape index (κ2) is 12.0. The van der Waals surface area contributed by atoms with E-state index in [-0.39, 0.29) is 11.8 Å². The Morgan fingerprint density at radius 3 is 2.43 bits per heavy atom. The van der Waals surface area contributed by atoms with Crippen molar-refractivity contribution in [2.24, 2.45) is 5.92 Å². The lowest BCUT2D eigenvalue weighted by Gasteiger charge is -2.23. The first kappa shape index (κ1) is 23.4. The van der Waals surface area contributed by atoms with Gasteiger partial charge in [-0.3, -0.25) is 4.79 Å². The van der Waals surface area contributed by atoms with Crippen molar-refractivity contribution in [3.05, 3.63) is 42.0 Å². The summed E-state index contributed by atoms with van der Waals surface area (Å²) in [4.78, 5) is 37.1. The summed E-state index contributed by atoms with van der Waals surface area (Å²) in [5.74, 6) is -1.17. The van der Waals surface area contributed by atoms with Crippen molar-refractivity contribution >= 4 is 23.6 Å². The van der Waals surface area contributed by atoms with Crippen LogP contribution in [-0.2, 0) is 14.3 Å². The molecule has 0 unspecified atom stereocenters. The second-order valence-electron chi connectivity index (χ2n) is 7.91. The molecule has 1 aromatic carbocycles. The summed E-state index contributed by atoms with van der Waals surface area (Å²) < 4.78 is 5.32. The first-order chi connectivity index (χ1) is 14.4. The summed E-state index contributed by atoms with van der Waals surface area (Å²) in [5, 5.41) is 8.13. The zero-order valence-corrected chi connectivity index (χ0v) is 18.1. The van der Waals surface area contributed by atoms with Crippen molar-refractivity contribution in [3.8, 4) is 0 Å². The lowest BCUT2D eigenvalue weighted by Crippen LogP contribution is -2.49. The molecule has 0 aliphatic heterocycles. The van der Waals surface area contributed by atoms with Gasteiger partial charge in [0.1, 0.15) is 6.04 Å². The Kier molecular flexibility index (Phi) is 9.38. The van der Waals surface area contributed by atoms with Gasteiger partial charge in [0.25, 0.3) is 5.91 Å². The predicted octanol–water partition coefficient (Wildman–Crippen LogP) is 3.77. The zero-order valence-electron chi connectivity index (χ0n) is 18.1. The number of ether oxygens (including phenoxy) is 1. The number of carbonyl (C=O) groups excluding carboxylic acids is 3. The summed E-state index contributed by atoms with van der Waals surface area (Å²) in [6.07, 6.45) is 6.78. The Hall–Kier alpha value is -2.83. The van der Waals surface area contributed by atoms with Crippen molar-refractivity contribution in [1.29, 1.82) is 0 Å². The number of benzene rings is 1. The molecule has 0 saturated heterocycles. The molecule has 164 valence electrons. The molecule has 3 N–H and O–H groups in total. The van der Waals surface area contributed by atoms with Gasteiger partial charge in [-0.05, 0) is 57.1 Å². The number of rotatable bonds is 9. The zero-order chi connectivity index (χ0) is 21.9. The van der Waals surface area contributed by atoms with Crippen LogP contribution in [0.5, 0.6) is 0 Å². The minimum atomic E-state index is -0.932. The Labute approximate surface area is 178 Å². The van der Waals surface area contributed by atoms with Crippen LogP contribution < -0.4 is 16.0 Å². The summed E-state index contributed by atoms with van der Waals surface area (Å²) in [6.45, 7) is 5.67. The fourth-order valence-corrected chi connectivity index (χ4v) is 3.25. The highest BCUT2D eigenvalue weighted by atomic mass is 16.5. The number of para-hydroxylation sites is 1. The van der Waals surface area contributed by atoms with Crippen molar-refractivity contribution < 1.29 is 19.1 Å². The van der Waals surface area contributed by atoms with E-state index in [1.54, 1.807) is 38.1 Å². The molecule has 0 saturated carbocycles. The van der Waals surface area contributed by atoms with Gasteiger partial charge in [0, 0.05) is 12.2 Å². The molecule has 0 fully saturated rings. The average molecular weight is 416 g/mol. The molecule has 0 radical (unpaired) electrons. The van der Waals surface area contributed by atoms with E-state index in [4.69, 9.17) is 4.74 Å². The Balaban J connectivity index is 1.80. The topological polar surface area (TPSA) is 96.5 Å². The number of anilines is 1. The van der Waals surface area contributed by atoms with Crippen LogP contribution in [-0.4, -0.2) is 36.6 Å². The molecule has 30 heavy (non-hydrogen) atoms. The van der Waals surface area contributed by atoms with Crippen LogP contribution in [0.4, 0.5) is 10.5 Å². The van der Waals surface area contributed by atoms with E-state index in [2.05, 4.69) is 22.0 Å².